The third kappa shape index (κ3) is 5.41. The number of amides is 1. The van der Waals surface area contributed by atoms with E-state index >= 15 is 0 Å². The molecule has 0 fully saturated rings. The Labute approximate surface area is 129 Å². The number of anilines is 1. The van der Waals surface area contributed by atoms with Gasteiger partial charge in [0.1, 0.15) is 0 Å². The van der Waals surface area contributed by atoms with Crippen molar-refractivity contribution in [1.29, 1.82) is 0 Å². The second-order valence-corrected chi connectivity index (χ2v) is 6.18. The highest BCUT2D eigenvalue weighted by Gasteiger charge is 2.14. The number of carbonyl (C=O) groups excluding carboxylic acids is 1. The van der Waals surface area contributed by atoms with Gasteiger partial charge in [-0.05, 0) is 29.4 Å². The van der Waals surface area contributed by atoms with Crippen LogP contribution in [0.15, 0.2) is 18.2 Å². The number of hydrogen-bond acceptors (Lipinski definition) is 2. The average Bonchev–Trinajstić information content (AvgIpc) is 2.44. The van der Waals surface area contributed by atoms with E-state index in [9.17, 15) is 4.79 Å². The molecule has 1 rings (SSSR count). The van der Waals surface area contributed by atoms with E-state index in [4.69, 9.17) is 0 Å². The molecule has 0 atom stereocenters. The SMILES string of the molecule is CCCCNC(=O)CNc1c(C(C)C)cccc1C(C)C. The van der Waals surface area contributed by atoms with Gasteiger partial charge in [-0.3, -0.25) is 4.79 Å². The summed E-state index contributed by atoms with van der Waals surface area (Å²) in [7, 11) is 0. The van der Waals surface area contributed by atoms with Gasteiger partial charge in [-0.15, -0.1) is 0 Å². The molecule has 0 aliphatic rings. The minimum atomic E-state index is 0.0664. The summed E-state index contributed by atoms with van der Waals surface area (Å²) in [5.74, 6) is 0.945. The van der Waals surface area contributed by atoms with Crippen LogP contribution in [-0.4, -0.2) is 19.0 Å². The minimum Gasteiger partial charge on any atom is -0.376 e. The van der Waals surface area contributed by atoms with Gasteiger partial charge in [0.05, 0.1) is 6.54 Å². The Morgan fingerprint density at radius 2 is 1.67 bits per heavy atom. The lowest BCUT2D eigenvalue weighted by atomic mass is 9.92. The molecular weight excluding hydrogens is 260 g/mol. The van der Waals surface area contributed by atoms with Crippen molar-refractivity contribution in [2.24, 2.45) is 0 Å². The summed E-state index contributed by atoms with van der Waals surface area (Å²) in [4.78, 5) is 11.9. The Morgan fingerprint density at radius 1 is 1.10 bits per heavy atom. The first-order valence-corrected chi connectivity index (χ1v) is 8.10. The number of nitrogens with one attached hydrogen (secondary N) is 2. The zero-order valence-electron chi connectivity index (χ0n) is 14.1. The van der Waals surface area contributed by atoms with Gasteiger partial charge in [-0.2, -0.15) is 0 Å². The Bertz CT molecular complexity index is 426. The van der Waals surface area contributed by atoms with E-state index in [1.165, 1.54) is 11.1 Å². The van der Waals surface area contributed by atoms with Gasteiger partial charge in [-0.1, -0.05) is 59.2 Å². The van der Waals surface area contributed by atoms with E-state index < -0.39 is 0 Å². The zero-order chi connectivity index (χ0) is 15.8. The standard InChI is InChI=1S/C18H30N2O/c1-6-7-11-19-17(21)12-20-18-15(13(2)3)9-8-10-16(18)14(4)5/h8-10,13-14,20H,6-7,11-12H2,1-5H3,(H,19,21). The van der Waals surface area contributed by atoms with E-state index in [1.54, 1.807) is 0 Å². The number of hydrogen-bond donors (Lipinski definition) is 2. The van der Waals surface area contributed by atoms with Crippen LogP contribution >= 0.6 is 0 Å². The maximum absolute atomic E-state index is 11.9. The molecular formula is C18H30N2O. The molecule has 0 aromatic heterocycles. The van der Waals surface area contributed by atoms with Crippen LogP contribution in [0.1, 0.15) is 70.4 Å². The molecule has 0 saturated heterocycles. The summed E-state index contributed by atoms with van der Waals surface area (Å²) in [6.07, 6.45) is 2.13. The molecule has 3 nitrogen and oxygen atoms in total. The van der Waals surface area contributed by atoms with Crippen LogP contribution in [0.25, 0.3) is 0 Å². The van der Waals surface area contributed by atoms with Crippen LogP contribution in [0.4, 0.5) is 5.69 Å². The quantitative estimate of drug-likeness (QED) is 0.702. The largest absolute Gasteiger partial charge is 0.376 e. The second kappa shape index (κ2) is 8.71. The summed E-state index contributed by atoms with van der Waals surface area (Å²) >= 11 is 0. The van der Waals surface area contributed by atoms with Crippen molar-refractivity contribution in [3.05, 3.63) is 29.3 Å². The van der Waals surface area contributed by atoms with Crippen LogP contribution in [0, 0.1) is 0 Å². The molecule has 0 saturated carbocycles. The predicted molar refractivity (Wildman–Crippen MR) is 91.0 cm³/mol. The molecule has 2 N–H and O–H groups in total. The van der Waals surface area contributed by atoms with Crippen LogP contribution in [0.2, 0.25) is 0 Å². The van der Waals surface area contributed by atoms with Gasteiger partial charge in [-0.25, -0.2) is 0 Å². The highest BCUT2D eigenvalue weighted by Crippen LogP contribution is 2.32. The van der Waals surface area contributed by atoms with Crippen LogP contribution in [0.5, 0.6) is 0 Å². The molecule has 1 aromatic rings. The predicted octanol–water partition coefficient (Wildman–Crippen LogP) is 4.26. The van der Waals surface area contributed by atoms with Gasteiger partial charge in [0.25, 0.3) is 0 Å². The fourth-order valence-corrected chi connectivity index (χ4v) is 2.39. The number of unbranched alkanes of at least 4 members (excludes halogenated alkanes) is 1. The lowest BCUT2D eigenvalue weighted by molar-refractivity contribution is -0.119. The third-order valence-corrected chi connectivity index (χ3v) is 3.65. The maximum Gasteiger partial charge on any atom is 0.239 e. The fraction of sp³-hybridized carbons (Fsp3) is 0.611. The molecule has 0 spiro atoms. The first-order valence-electron chi connectivity index (χ1n) is 8.10. The molecule has 1 aromatic carbocycles. The summed E-state index contributed by atoms with van der Waals surface area (Å²) in [5, 5.41) is 6.31. The molecule has 0 unspecified atom stereocenters. The number of carbonyl (C=O) groups is 1. The number of rotatable bonds is 8. The Hall–Kier alpha value is -1.51. The molecule has 0 heterocycles. The molecule has 0 radical (unpaired) electrons. The summed E-state index contributed by atoms with van der Waals surface area (Å²) in [6, 6.07) is 6.40. The second-order valence-electron chi connectivity index (χ2n) is 6.18. The highest BCUT2D eigenvalue weighted by atomic mass is 16.1. The van der Waals surface area contributed by atoms with Crippen molar-refractivity contribution in [2.75, 3.05) is 18.4 Å². The van der Waals surface area contributed by atoms with Gasteiger partial charge >= 0.3 is 0 Å². The van der Waals surface area contributed by atoms with Gasteiger partial charge < -0.3 is 10.6 Å². The van der Waals surface area contributed by atoms with Crippen LogP contribution in [0.3, 0.4) is 0 Å². The van der Waals surface area contributed by atoms with Crippen molar-refractivity contribution in [3.63, 3.8) is 0 Å². The smallest absolute Gasteiger partial charge is 0.239 e. The Balaban J connectivity index is 2.78. The summed E-state index contributed by atoms with van der Waals surface area (Å²) in [5.41, 5.74) is 3.69. The molecule has 0 aliphatic heterocycles. The Morgan fingerprint density at radius 3 is 2.14 bits per heavy atom. The molecule has 0 aliphatic carbocycles. The fourth-order valence-electron chi connectivity index (χ4n) is 2.39. The number of para-hydroxylation sites is 1. The topological polar surface area (TPSA) is 41.1 Å². The van der Waals surface area contributed by atoms with Gasteiger partial charge in [0, 0.05) is 12.2 Å². The van der Waals surface area contributed by atoms with E-state index in [0.29, 0.717) is 18.4 Å². The lowest BCUT2D eigenvalue weighted by Gasteiger charge is -2.20. The molecule has 3 heteroatoms. The summed E-state index contributed by atoms with van der Waals surface area (Å²) in [6.45, 7) is 12.0. The van der Waals surface area contributed by atoms with Crippen molar-refractivity contribution < 1.29 is 4.79 Å². The molecule has 1 amide bonds. The first-order chi connectivity index (χ1) is 9.97. The molecule has 21 heavy (non-hydrogen) atoms. The summed E-state index contributed by atoms with van der Waals surface area (Å²) < 4.78 is 0. The lowest BCUT2D eigenvalue weighted by Crippen LogP contribution is -2.31. The van der Waals surface area contributed by atoms with E-state index in [1.807, 2.05) is 0 Å². The van der Waals surface area contributed by atoms with Crippen LogP contribution < -0.4 is 10.6 Å². The monoisotopic (exact) mass is 290 g/mol. The average molecular weight is 290 g/mol. The van der Waals surface area contributed by atoms with Crippen molar-refractivity contribution in [1.82, 2.24) is 5.32 Å². The van der Waals surface area contributed by atoms with Crippen molar-refractivity contribution in [3.8, 4) is 0 Å². The third-order valence-electron chi connectivity index (χ3n) is 3.65. The van der Waals surface area contributed by atoms with E-state index in [0.717, 1.165) is 25.1 Å². The maximum atomic E-state index is 11.9. The molecule has 118 valence electrons. The van der Waals surface area contributed by atoms with Gasteiger partial charge in [0.15, 0.2) is 0 Å². The first kappa shape index (κ1) is 17.5. The zero-order valence-corrected chi connectivity index (χ0v) is 14.1. The number of benzene rings is 1. The normalized spacial score (nSPS) is 11.0. The molecule has 0 bridgehead atoms. The van der Waals surface area contributed by atoms with Crippen LogP contribution in [-0.2, 0) is 4.79 Å². The minimum absolute atomic E-state index is 0.0664. The van der Waals surface area contributed by atoms with E-state index in [-0.39, 0.29) is 5.91 Å². The van der Waals surface area contributed by atoms with E-state index in [2.05, 4.69) is 63.5 Å². The highest BCUT2D eigenvalue weighted by molar-refractivity contribution is 5.81. The van der Waals surface area contributed by atoms with Crippen molar-refractivity contribution in [2.45, 2.75) is 59.3 Å². The van der Waals surface area contributed by atoms with Gasteiger partial charge in [0.2, 0.25) is 5.91 Å². The van der Waals surface area contributed by atoms with Crippen molar-refractivity contribution >= 4 is 11.6 Å². The Kier molecular flexibility index (Phi) is 7.27.